The van der Waals surface area contributed by atoms with Crippen LogP contribution in [0.1, 0.15) is 61.9 Å². The molecule has 0 radical (unpaired) electrons. The van der Waals surface area contributed by atoms with Crippen molar-refractivity contribution in [1.29, 1.82) is 0 Å². The van der Waals surface area contributed by atoms with Crippen molar-refractivity contribution < 1.29 is 9.59 Å². The molecule has 166 valence electrons. The Morgan fingerprint density at radius 3 is 2.45 bits per heavy atom. The van der Waals surface area contributed by atoms with Crippen molar-refractivity contribution in [2.75, 3.05) is 30.3 Å². The molecule has 7 nitrogen and oxygen atoms in total. The molecular weight excluding hydrogens is 390 g/mol. The molecule has 1 aromatic carbocycles. The van der Waals surface area contributed by atoms with Crippen molar-refractivity contribution in [3.05, 3.63) is 47.7 Å². The number of likely N-dealkylation sites (tertiary alicyclic amines) is 1. The predicted molar refractivity (Wildman–Crippen MR) is 125 cm³/mol. The van der Waals surface area contributed by atoms with E-state index in [0.717, 1.165) is 38.2 Å². The third-order valence-corrected chi connectivity index (χ3v) is 5.67. The van der Waals surface area contributed by atoms with Gasteiger partial charge in [-0.3, -0.25) is 9.59 Å². The van der Waals surface area contributed by atoms with Gasteiger partial charge in [0.25, 0.3) is 5.91 Å². The number of primary amides is 1. The van der Waals surface area contributed by atoms with E-state index in [2.05, 4.69) is 41.6 Å². The minimum atomic E-state index is -0.499. The molecule has 2 heterocycles. The van der Waals surface area contributed by atoms with Gasteiger partial charge in [-0.15, -0.1) is 0 Å². The first-order valence-corrected chi connectivity index (χ1v) is 11.1. The Morgan fingerprint density at radius 2 is 1.87 bits per heavy atom. The standard InChI is InChI=1S/C24H33N5O2/c1-4-23(30)29-11-9-18(10-12-29)17-5-7-19(8-6-17)28-22-13-21(26-14-16(2)3)20(15-27-22)24(25)31/h5-8,13,15-16,18H,4,9-12,14H2,1-3H3,(H2,25,31)(H2,26,27,28). The number of carbonyl (C=O) groups is 2. The number of anilines is 3. The maximum Gasteiger partial charge on any atom is 0.252 e. The van der Waals surface area contributed by atoms with E-state index in [4.69, 9.17) is 5.73 Å². The summed E-state index contributed by atoms with van der Waals surface area (Å²) in [5.41, 5.74) is 8.77. The number of benzene rings is 1. The normalized spacial score (nSPS) is 14.5. The molecule has 7 heteroatoms. The largest absolute Gasteiger partial charge is 0.384 e. The summed E-state index contributed by atoms with van der Waals surface area (Å²) in [6.45, 7) is 8.52. The number of piperidine rings is 1. The summed E-state index contributed by atoms with van der Waals surface area (Å²) >= 11 is 0. The average molecular weight is 424 g/mol. The molecular formula is C24H33N5O2. The van der Waals surface area contributed by atoms with Gasteiger partial charge < -0.3 is 21.3 Å². The summed E-state index contributed by atoms with van der Waals surface area (Å²) in [6.07, 6.45) is 4.08. The highest BCUT2D eigenvalue weighted by atomic mass is 16.2. The molecule has 3 rings (SSSR count). The third kappa shape index (κ3) is 5.96. The number of aromatic nitrogens is 1. The van der Waals surface area contributed by atoms with Crippen molar-refractivity contribution in [2.45, 2.75) is 46.0 Å². The number of nitrogens with two attached hydrogens (primary N) is 1. The monoisotopic (exact) mass is 423 g/mol. The Kier molecular flexibility index (Phi) is 7.50. The highest BCUT2D eigenvalue weighted by Gasteiger charge is 2.22. The molecule has 0 aliphatic carbocycles. The fourth-order valence-electron chi connectivity index (χ4n) is 3.85. The van der Waals surface area contributed by atoms with Crippen LogP contribution in [0.4, 0.5) is 17.2 Å². The number of hydrogen-bond donors (Lipinski definition) is 3. The van der Waals surface area contributed by atoms with E-state index >= 15 is 0 Å². The highest BCUT2D eigenvalue weighted by Crippen LogP contribution is 2.30. The van der Waals surface area contributed by atoms with Crippen LogP contribution in [0.25, 0.3) is 0 Å². The molecule has 31 heavy (non-hydrogen) atoms. The zero-order valence-corrected chi connectivity index (χ0v) is 18.6. The number of pyridine rings is 1. The van der Waals surface area contributed by atoms with Crippen molar-refractivity contribution >= 4 is 29.0 Å². The van der Waals surface area contributed by atoms with E-state index in [1.54, 1.807) is 0 Å². The molecule has 0 atom stereocenters. The lowest BCUT2D eigenvalue weighted by Crippen LogP contribution is -2.37. The summed E-state index contributed by atoms with van der Waals surface area (Å²) in [6, 6.07) is 10.2. The Bertz CT molecular complexity index is 903. The number of amides is 2. The number of nitrogens with zero attached hydrogens (tertiary/aromatic N) is 2. The van der Waals surface area contributed by atoms with Crippen LogP contribution in [-0.4, -0.2) is 41.3 Å². The molecule has 1 aliphatic rings. The van der Waals surface area contributed by atoms with Gasteiger partial charge >= 0.3 is 0 Å². The lowest BCUT2D eigenvalue weighted by atomic mass is 9.89. The molecule has 0 bridgehead atoms. The molecule has 2 aromatic rings. The van der Waals surface area contributed by atoms with Crippen molar-refractivity contribution in [3.63, 3.8) is 0 Å². The molecule has 1 saturated heterocycles. The quantitative estimate of drug-likeness (QED) is 0.593. The first-order valence-electron chi connectivity index (χ1n) is 11.1. The number of carbonyl (C=O) groups excluding carboxylic acids is 2. The summed E-state index contributed by atoms with van der Waals surface area (Å²) in [7, 11) is 0. The second kappa shape index (κ2) is 10.3. The minimum absolute atomic E-state index is 0.245. The smallest absolute Gasteiger partial charge is 0.252 e. The first kappa shape index (κ1) is 22.6. The zero-order chi connectivity index (χ0) is 22.4. The van der Waals surface area contributed by atoms with Crippen LogP contribution < -0.4 is 16.4 Å². The van der Waals surface area contributed by atoms with Gasteiger partial charge in [-0.2, -0.15) is 0 Å². The van der Waals surface area contributed by atoms with Gasteiger partial charge in [-0.1, -0.05) is 32.9 Å². The minimum Gasteiger partial charge on any atom is -0.384 e. The van der Waals surface area contributed by atoms with Crippen LogP contribution in [0.5, 0.6) is 0 Å². The zero-order valence-electron chi connectivity index (χ0n) is 18.6. The van der Waals surface area contributed by atoms with Gasteiger partial charge in [-0.05, 0) is 42.4 Å². The number of hydrogen-bond acceptors (Lipinski definition) is 5. The van der Waals surface area contributed by atoms with E-state index in [1.165, 1.54) is 11.8 Å². The molecule has 1 aromatic heterocycles. The van der Waals surface area contributed by atoms with Gasteiger partial charge in [-0.25, -0.2) is 4.98 Å². The van der Waals surface area contributed by atoms with E-state index in [1.807, 2.05) is 30.0 Å². The summed E-state index contributed by atoms with van der Waals surface area (Å²) in [4.78, 5) is 29.9. The molecule has 2 amide bonds. The Labute approximate surface area is 184 Å². The van der Waals surface area contributed by atoms with Crippen molar-refractivity contribution in [2.24, 2.45) is 11.7 Å². The molecule has 0 spiro atoms. The maximum absolute atomic E-state index is 11.9. The fraction of sp³-hybridized carbons (Fsp3) is 0.458. The van der Waals surface area contributed by atoms with Crippen LogP contribution in [0.15, 0.2) is 36.5 Å². The molecule has 1 aliphatic heterocycles. The fourth-order valence-corrected chi connectivity index (χ4v) is 3.85. The molecule has 4 N–H and O–H groups in total. The Hall–Kier alpha value is -3.09. The second-order valence-electron chi connectivity index (χ2n) is 8.51. The van der Waals surface area contributed by atoms with Gasteiger partial charge in [0.05, 0.1) is 11.3 Å². The number of rotatable bonds is 8. The van der Waals surface area contributed by atoms with Crippen LogP contribution in [0, 0.1) is 5.92 Å². The first-order chi connectivity index (χ1) is 14.9. The van der Waals surface area contributed by atoms with Crippen LogP contribution in [0.2, 0.25) is 0 Å². The molecule has 0 unspecified atom stereocenters. The summed E-state index contributed by atoms with van der Waals surface area (Å²) in [5.74, 6) is 1.31. The summed E-state index contributed by atoms with van der Waals surface area (Å²) < 4.78 is 0. The van der Waals surface area contributed by atoms with Gasteiger partial charge in [0.2, 0.25) is 5.91 Å². The van der Waals surface area contributed by atoms with Crippen LogP contribution in [0.3, 0.4) is 0 Å². The SMILES string of the molecule is CCC(=O)N1CCC(c2ccc(Nc3cc(NCC(C)C)c(C(N)=O)cn3)cc2)CC1. The summed E-state index contributed by atoms with van der Waals surface area (Å²) in [5, 5.41) is 6.58. The van der Waals surface area contributed by atoms with E-state index < -0.39 is 5.91 Å². The van der Waals surface area contributed by atoms with Crippen molar-refractivity contribution in [3.8, 4) is 0 Å². The highest BCUT2D eigenvalue weighted by molar-refractivity contribution is 5.98. The van der Waals surface area contributed by atoms with E-state index in [9.17, 15) is 9.59 Å². The Morgan fingerprint density at radius 1 is 1.19 bits per heavy atom. The average Bonchev–Trinajstić information content (AvgIpc) is 2.77. The van der Waals surface area contributed by atoms with Crippen LogP contribution in [-0.2, 0) is 4.79 Å². The van der Waals surface area contributed by atoms with Gasteiger partial charge in [0.1, 0.15) is 5.82 Å². The van der Waals surface area contributed by atoms with Crippen molar-refractivity contribution in [1.82, 2.24) is 9.88 Å². The lowest BCUT2D eigenvalue weighted by molar-refractivity contribution is -0.131. The van der Waals surface area contributed by atoms with Gasteiger partial charge in [0, 0.05) is 44.0 Å². The van der Waals surface area contributed by atoms with Crippen LogP contribution >= 0.6 is 0 Å². The maximum atomic E-state index is 11.9. The van der Waals surface area contributed by atoms with E-state index in [0.29, 0.717) is 35.3 Å². The van der Waals surface area contributed by atoms with E-state index in [-0.39, 0.29) is 5.91 Å². The predicted octanol–water partition coefficient (Wildman–Crippen LogP) is 4.11. The Balaban J connectivity index is 1.65. The van der Waals surface area contributed by atoms with Gasteiger partial charge in [0.15, 0.2) is 0 Å². The third-order valence-electron chi connectivity index (χ3n) is 5.67. The lowest BCUT2D eigenvalue weighted by Gasteiger charge is -2.32. The second-order valence-corrected chi connectivity index (χ2v) is 8.51. The topological polar surface area (TPSA) is 100 Å². The molecule has 1 fully saturated rings. The molecule has 0 saturated carbocycles. The number of nitrogens with one attached hydrogen (secondary N) is 2.